The first-order chi connectivity index (χ1) is 17.2. The lowest BCUT2D eigenvalue weighted by molar-refractivity contribution is -0.151. The predicted molar refractivity (Wildman–Crippen MR) is 130 cm³/mol. The van der Waals surface area contributed by atoms with Crippen molar-refractivity contribution in [2.24, 2.45) is 5.11 Å². The number of hydrogen-bond acceptors (Lipinski definition) is 6. The zero-order valence-corrected chi connectivity index (χ0v) is 19.3. The van der Waals surface area contributed by atoms with Crippen LogP contribution in [0.4, 0.5) is 0 Å². The molecule has 8 heteroatoms. The van der Waals surface area contributed by atoms with Crippen LogP contribution in [0.25, 0.3) is 10.4 Å². The van der Waals surface area contributed by atoms with Gasteiger partial charge in [0.25, 0.3) is 0 Å². The van der Waals surface area contributed by atoms with Crippen molar-refractivity contribution < 1.29 is 24.1 Å². The van der Waals surface area contributed by atoms with Gasteiger partial charge in [-0.25, -0.2) is 0 Å². The van der Waals surface area contributed by atoms with E-state index in [2.05, 4.69) is 10.0 Å². The molecule has 8 nitrogen and oxygen atoms in total. The maximum absolute atomic E-state index is 10.7. The molecule has 1 unspecified atom stereocenters. The summed E-state index contributed by atoms with van der Waals surface area (Å²) in [7, 11) is 0. The van der Waals surface area contributed by atoms with Gasteiger partial charge < -0.3 is 24.1 Å². The molecule has 0 radical (unpaired) electrons. The third-order valence-corrected chi connectivity index (χ3v) is 5.78. The van der Waals surface area contributed by atoms with Crippen molar-refractivity contribution in [2.75, 3.05) is 6.61 Å². The Morgan fingerprint density at radius 3 is 1.77 bits per heavy atom. The van der Waals surface area contributed by atoms with E-state index >= 15 is 0 Å². The fraction of sp³-hybridized carbons (Fsp3) is 0.333. The summed E-state index contributed by atoms with van der Waals surface area (Å²) >= 11 is 0. The summed E-state index contributed by atoms with van der Waals surface area (Å²) < 4.78 is 24.0. The van der Waals surface area contributed by atoms with E-state index in [9.17, 15) is 10.6 Å². The second kappa shape index (κ2) is 13.0. The second-order valence-electron chi connectivity index (χ2n) is 8.29. The smallest absolute Gasteiger partial charge is 0.184 e. The highest BCUT2D eigenvalue weighted by Gasteiger charge is 2.48. The van der Waals surface area contributed by atoms with Gasteiger partial charge in [-0.3, -0.25) is 0 Å². The monoisotopic (exact) mass is 475 g/mol. The Bertz CT molecular complexity index is 1060. The molecule has 0 bridgehead atoms. The molecule has 0 saturated carbocycles. The van der Waals surface area contributed by atoms with Gasteiger partial charge in [-0.05, 0) is 22.2 Å². The first-order valence-electron chi connectivity index (χ1n) is 11.5. The third-order valence-electron chi connectivity index (χ3n) is 5.78. The second-order valence-corrected chi connectivity index (χ2v) is 8.29. The number of rotatable bonds is 12. The highest BCUT2D eigenvalue weighted by molar-refractivity contribution is 5.15. The topological polar surface area (TPSA) is 106 Å². The van der Waals surface area contributed by atoms with Crippen LogP contribution < -0.4 is 0 Å². The van der Waals surface area contributed by atoms with E-state index in [4.69, 9.17) is 18.9 Å². The van der Waals surface area contributed by atoms with Crippen molar-refractivity contribution in [1.29, 1.82) is 0 Å². The van der Waals surface area contributed by atoms with Crippen molar-refractivity contribution in [3.8, 4) is 0 Å². The molecule has 1 aliphatic rings. The standard InChI is InChI=1S/C27H29N3O5/c28-30-29-23(19-32-16-20-10-4-1-5-11-20)24-25(33-17-21-12-6-2-7-13-21)26(27(31)35-24)34-18-22-14-8-3-9-15-22/h1-15,23-27,31H,16-19H2/t23-,24-,25+,26-,27?/m1/s1. The number of hydrogen-bond donors (Lipinski definition) is 1. The third kappa shape index (κ3) is 7.13. The van der Waals surface area contributed by atoms with Gasteiger partial charge >= 0.3 is 0 Å². The summed E-state index contributed by atoms with van der Waals surface area (Å²) in [5, 5.41) is 14.6. The normalized spacial score (nSPS) is 22.4. The van der Waals surface area contributed by atoms with Gasteiger partial charge in [0, 0.05) is 4.91 Å². The lowest BCUT2D eigenvalue weighted by Crippen LogP contribution is -2.43. The SMILES string of the molecule is [N-]=[N+]=N[C@H](COCc1ccccc1)[C@H]1OC(O)[C@H](OCc2ccccc2)[C@H]1OCc1ccccc1. The van der Waals surface area contributed by atoms with Crippen molar-refractivity contribution in [2.45, 2.75) is 50.5 Å². The summed E-state index contributed by atoms with van der Waals surface area (Å²) in [5.74, 6) is 0. The van der Waals surface area contributed by atoms with Gasteiger partial charge in [-0.1, -0.05) is 96.1 Å². The molecule has 0 spiro atoms. The van der Waals surface area contributed by atoms with Crippen LogP contribution in [0.3, 0.4) is 0 Å². The van der Waals surface area contributed by atoms with Crippen LogP contribution in [0.1, 0.15) is 16.7 Å². The van der Waals surface area contributed by atoms with Gasteiger partial charge in [0.05, 0.1) is 32.5 Å². The van der Waals surface area contributed by atoms with E-state index in [-0.39, 0.29) is 19.8 Å². The quantitative estimate of drug-likeness (QED) is 0.231. The summed E-state index contributed by atoms with van der Waals surface area (Å²) in [6.45, 7) is 1.03. The molecule has 3 aromatic carbocycles. The molecule has 1 heterocycles. The summed E-state index contributed by atoms with van der Waals surface area (Å²) in [6, 6.07) is 28.4. The summed E-state index contributed by atoms with van der Waals surface area (Å²) in [5.41, 5.74) is 12.1. The minimum atomic E-state index is -1.24. The predicted octanol–water partition coefficient (Wildman–Crippen LogP) is 4.77. The van der Waals surface area contributed by atoms with Crippen LogP contribution in [-0.2, 0) is 38.8 Å². The van der Waals surface area contributed by atoms with Crippen LogP contribution in [0.5, 0.6) is 0 Å². The Morgan fingerprint density at radius 1 is 0.771 bits per heavy atom. The number of nitrogens with zero attached hydrogens (tertiary/aromatic N) is 3. The maximum Gasteiger partial charge on any atom is 0.184 e. The molecular weight excluding hydrogens is 446 g/mol. The molecule has 1 aliphatic heterocycles. The Kier molecular flexibility index (Phi) is 9.25. The fourth-order valence-corrected chi connectivity index (χ4v) is 4.01. The van der Waals surface area contributed by atoms with E-state index in [1.165, 1.54) is 0 Å². The van der Waals surface area contributed by atoms with Gasteiger partial charge in [0.15, 0.2) is 6.29 Å². The summed E-state index contributed by atoms with van der Waals surface area (Å²) in [4.78, 5) is 2.99. The van der Waals surface area contributed by atoms with E-state index in [1.54, 1.807) is 0 Å². The molecule has 3 aromatic rings. The minimum absolute atomic E-state index is 0.104. The fourth-order valence-electron chi connectivity index (χ4n) is 4.01. The molecule has 5 atom stereocenters. The Morgan fingerprint density at radius 2 is 1.26 bits per heavy atom. The molecule has 0 amide bonds. The van der Waals surface area contributed by atoms with Gasteiger partial charge in [0.2, 0.25) is 0 Å². The molecule has 1 saturated heterocycles. The van der Waals surface area contributed by atoms with Crippen LogP contribution in [0, 0.1) is 0 Å². The minimum Gasteiger partial charge on any atom is -0.376 e. The van der Waals surface area contributed by atoms with Gasteiger partial charge in [0.1, 0.15) is 18.3 Å². The number of ether oxygens (including phenoxy) is 4. The van der Waals surface area contributed by atoms with E-state index in [1.807, 2.05) is 91.0 Å². The molecule has 35 heavy (non-hydrogen) atoms. The lowest BCUT2D eigenvalue weighted by Gasteiger charge is -2.27. The Balaban J connectivity index is 1.47. The van der Waals surface area contributed by atoms with Crippen molar-refractivity contribution in [1.82, 2.24) is 0 Å². The molecule has 4 rings (SSSR count). The van der Waals surface area contributed by atoms with Crippen molar-refractivity contribution in [3.63, 3.8) is 0 Å². The van der Waals surface area contributed by atoms with Crippen LogP contribution in [-0.4, -0.2) is 42.4 Å². The first kappa shape index (κ1) is 24.9. The van der Waals surface area contributed by atoms with Gasteiger partial charge in [-0.15, -0.1) is 0 Å². The molecule has 1 N–H and O–H groups in total. The molecule has 0 aromatic heterocycles. The zero-order valence-electron chi connectivity index (χ0n) is 19.3. The van der Waals surface area contributed by atoms with E-state index in [0.717, 1.165) is 16.7 Å². The molecule has 0 aliphatic carbocycles. The van der Waals surface area contributed by atoms with Crippen LogP contribution >= 0.6 is 0 Å². The summed E-state index contributed by atoms with van der Waals surface area (Å²) in [6.07, 6.45) is -3.43. The first-order valence-corrected chi connectivity index (χ1v) is 11.5. The van der Waals surface area contributed by atoms with Crippen LogP contribution in [0.2, 0.25) is 0 Å². The zero-order chi connectivity index (χ0) is 24.3. The van der Waals surface area contributed by atoms with E-state index in [0.29, 0.717) is 6.61 Å². The maximum atomic E-state index is 10.7. The largest absolute Gasteiger partial charge is 0.376 e. The Labute approximate surface area is 204 Å². The molecular formula is C27H29N3O5. The number of aliphatic hydroxyl groups is 1. The number of azide groups is 1. The molecule has 1 fully saturated rings. The highest BCUT2D eigenvalue weighted by atomic mass is 16.7. The van der Waals surface area contributed by atoms with Crippen LogP contribution in [0.15, 0.2) is 96.1 Å². The average Bonchev–Trinajstić information content (AvgIpc) is 3.22. The Hall–Kier alpha value is -3.23. The highest BCUT2D eigenvalue weighted by Crippen LogP contribution is 2.30. The number of benzene rings is 3. The van der Waals surface area contributed by atoms with E-state index < -0.39 is 30.6 Å². The molecule has 182 valence electrons. The average molecular weight is 476 g/mol. The number of aliphatic hydroxyl groups excluding tert-OH is 1. The van der Waals surface area contributed by atoms with Crippen molar-refractivity contribution >= 4 is 0 Å². The lowest BCUT2D eigenvalue weighted by atomic mass is 10.0. The van der Waals surface area contributed by atoms with Gasteiger partial charge in [-0.2, -0.15) is 0 Å². The van der Waals surface area contributed by atoms with Crippen molar-refractivity contribution in [3.05, 3.63) is 118 Å².